The summed E-state index contributed by atoms with van der Waals surface area (Å²) in [6.45, 7) is 0. The molecule has 13 heavy (non-hydrogen) atoms. The second-order valence-corrected chi connectivity index (χ2v) is 14.0. The van der Waals surface area contributed by atoms with Crippen molar-refractivity contribution < 1.29 is 28.8 Å². The molecule has 13 heteroatoms. The van der Waals surface area contributed by atoms with Crippen molar-refractivity contribution in [1.29, 1.82) is 0 Å². The van der Waals surface area contributed by atoms with Crippen molar-refractivity contribution in [3.05, 3.63) is 0 Å². The molecule has 0 bridgehead atoms. The minimum atomic E-state index is -1.90. The van der Waals surface area contributed by atoms with Crippen LogP contribution in [-0.2, 0) is 28.8 Å². The topological polar surface area (TPSA) is 64.6 Å². The van der Waals surface area contributed by atoms with Crippen LogP contribution in [0, 0.1) is 0 Å². The fraction of sp³-hybridized carbons (Fsp3) is 0. The van der Waals surface area contributed by atoms with E-state index in [4.69, 9.17) is 28.8 Å². The first-order chi connectivity index (χ1) is 6.45. The van der Waals surface area contributed by atoms with Gasteiger partial charge in [0.25, 0.3) is 40.0 Å². The monoisotopic (exact) mass is 290 g/mol. The maximum atomic E-state index is 5.50. The Bertz CT molecular complexity index is 124. The average molecular weight is 291 g/mol. The van der Waals surface area contributed by atoms with Gasteiger partial charge in [0.15, 0.2) is 0 Å². The zero-order valence-electron chi connectivity index (χ0n) is 6.84. The van der Waals surface area contributed by atoms with Crippen molar-refractivity contribution in [2.45, 2.75) is 0 Å². The predicted molar refractivity (Wildman–Crippen MR) is 56.1 cm³/mol. The van der Waals surface area contributed by atoms with E-state index in [1.165, 1.54) is 0 Å². The van der Waals surface area contributed by atoms with Crippen LogP contribution in [-0.4, -0.2) is 59.1 Å². The molecule has 0 atom stereocenters. The van der Waals surface area contributed by atoms with Gasteiger partial charge >= 0.3 is 19.1 Å². The summed E-state index contributed by atoms with van der Waals surface area (Å²) >= 11 is 0. The first-order valence-electron chi connectivity index (χ1n) is 3.72. The largest absolute Gasteiger partial charge is 0.458 e. The fourth-order valence-electron chi connectivity index (χ4n) is 0.827. The van der Waals surface area contributed by atoms with Gasteiger partial charge in [-0.15, -0.1) is 0 Å². The van der Waals surface area contributed by atoms with Crippen LogP contribution >= 0.6 is 0 Å². The minimum Gasteiger partial charge on any atom is -0.425 e. The van der Waals surface area contributed by atoms with E-state index in [1.54, 1.807) is 0 Å². The summed E-state index contributed by atoms with van der Waals surface area (Å²) in [5.74, 6) is 0. The lowest BCUT2D eigenvalue weighted by molar-refractivity contribution is 0.190. The van der Waals surface area contributed by atoms with Crippen molar-refractivity contribution >= 4 is 59.1 Å². The third-order valence-electron chi connectivity index (χ3n) is 1.37. The molecule has 0 spiro atoms. The molecule has 2 fully saturated rings. The van der Waals surface area contributed by atoms with Crippen LogP contribution < -0.4 is 0 Å². The molecule has 0 saturated carbocycles. The van der Waals surface area contributed by atoms with Gasteiger partial charge < -0.3 is 28.8 Å². The zero-order chi connectivity index (χ0) is 8.93. The maximum absolute atomic E-state index is 5.50. The van der Waals surface area contributed by atoms with E-state index < -0.39 is 59.1 Å². The molecule has 0 aromatic carbocycles. The van der Waals surface area contributed by atoms with Gasteiger partial charge in [-0.25, -0.2) is 0 Å². The average Bonchev–Trinajstić information content (AvgIpc) is 2.21. The molecule has 2 aliphatic rings. The van der Waals surface area contributed by atoms with Gasteiger partial charge in [0.1, 0.15) is 0 Å². The van der Waals surface area contributed by atoms with E-state index in [-0.39, 0.29) is 0 Å². The lowest BCUT2D eigenvalue weighted by Gasteiger charge is -2.27. The maximum Gasteiger partial charge on any atom is 0.458 e. The summed E-state index contributed by atoms with van der Waals surface area (Å²) < 4.78 is 36.9. The molecule has 0 radical (unpaired) electrons. The van der Waals surface area contributed by atoms with Gasteiger partial charge in [0.05, 0.1) is 0 Å². The van der Waals surface area contributed by atoms with Gasteiger partial charge in [0.2, 0.25) is 0 Å². The second kappa shape index (κ2) is 5.79. The van der Waals surface area contributed by atoms with Crippen LogP contribution in [0.1, 0.15) is 0 Å². The third-order valence-corrected chi connectivity index (χ3v) is 12.3. The Balaban J connectivity index is 1.69. The molecule has 7 nitrogen and oxygen atoms in total. The molecule has 2 heterocycles. The summed E-state index contributed by atoms with van der Waals surface area (Å²) in [5.41, 5.74) is 0. The standard InChI is InChI=1S/H10O7Si6/c1-8-3-12(4-9-1)7-13-5-10-2-11-6-13/h12-13H,8-11H2. The lowest BCUT2D eigenvalue weighted by Crippen LogP contribution is -2.46. The van der Waals surface area contributed by atoms with Crippen molar-refractivity contribution in [2.24, 2.45) is 0 Å². The van der Waals surface area contributed by atoms with Crippen molar-refractivity contribution in [3.8, 4) is 0 Å². The number of rotatable bonds is 2. The Labute approximate surface area is 88.1 Å². The Morgan fingerprint density at radius 2 is 1.08 bits per heavy atom. The van der Waals surface area contributed by atoms with Crippen LogP contribution in [0.2, 0.25) is 0 Å². The fourth-order valence-corrected chi connectivity index (χ4v) is 15.5. The molecule has 0 aromatic heterocycles. The molecule has 0 amide bonds. The SMILES string of the molecule is O1[SiH2]O[SiH](O[SiH]2O[SiH2]O[SiH2]O2)O[SiH2]1. The van der Waals surface area contributed by atoms with E-state index in [2.05, 4.69) is 0 Å². The summed E-state index contributed by atoms with van der Waals surface area (Å²) in [7, 11) is -7.04. The van der Waals surface area contributed by atoms with Crippen LogP contribution in [0.5, 0.6) is 0 Å². The minimum absolute atomic E-state index is 0.809. The molecule has 0 N–H and O–H groups in total. The highest BCUT2D eigenvalue weighted by molar-refractivity contribution is 6.66. The Kier molecular flexibility index (Phi) is 4.70. The van der Waals surface area contributed by atoms with E-state index in [1.807, 2.05) is 0 Å². The Morgan fingerprint density at radius 1 is 0.692 bits per heavy atom. The highest BCUT2D eigenvalue weighted by Crippen LogP contribution is 2.03. The molecule has 2 saturated heterocycles. The van der Waals surface area contributed by atoms with Crippen LogP contribution in [0.4, 0.5) is 0 Å². The van der Waals surface area contributed by atoms with E-state index in [9.17, 15) is 0 Å². The smallest absolute Gasteiger partial charge is 0.425 e. The summed E-state index contributed by atoms with van der Waals surface area (Å²) in [4.78, 5) is 0. The van der Waals surface area contributed by atoms with Crippen LogP contribution in [0.15, 0.2) is 0 Å². The molecule has 0 aliphatic carbocycles. The molecule has 0 unspecified atom stereocenters. The van der Waals surface area contributed by atoms with Crippen molar-refractivity contribution in [2.75, 3.05) is 0 Å². The second-order valence-electron chi connectivity index (χ2n) is 2.26. The van der Waals surface area contributed by atoms with Gasteiger partial charge in [-0.3, -0.25) is 0 Å². The molecule has 76 valence electrons. The van der Waals surface area contributed by atoms with Crippen molar-refractivity contribution in [3.63, 3.8) is 0 Å². The molecular weight excluding hydrogens is 281 g/mol. The number of hydrogen-bond acceptors (Lipinski definition) is 7. The van der Waals surface area contributed by atoms with E-state index in [0.717, 1.165) is 0 Å². The zero-order valence-corrected chi connectivity index (χ0v) is 14.8. The van der Waals surface area contributed by atoms with Crippen molar-refractivity contribution in [1.82, 2.24) is 0 Å². The highest BCUT2D eigenvalue weighted by Gasteiger charge is 2.28. The lowest BCUT2D eigenvalue weighted by atomic mass is 15.6. The Morgan fingerprint density at radius 3 is 1.46 bits per heavy atom. The third kappa shape index (κ3) is 3.58. The summed E-state index contributed by atoms with van der Waals surface area (Å²) in [5, 5.41) is 0. The Hall–Kier alpha value is 1.02. The predicted octanol–water partition coefficient (Wildman–Crippen LogP) is -5.44. The van der Waals surface area contributed by atoms with Crippen LogP contribution in [0.3, 0.4) is 0 Å². The van der Waals surface area contributed by atoms with Gasteiger partial charge in [-0.05, 0) is 0 Å². The number of hydrogen-bond donors (Lipinski definition) is 0. The molecular formula is H10O7Si6. The van der Waals surface area contributed by atoms with Gasteiger partial charge in [-0.2, -0.15) is 0 Å². The summed E-state index contributed by atoms with van der Waals surface area (Å²) in [6.07, 6.45) is 0. The first-order valence-corrected chi connectivity index (χ1v) is 11.2. The van der Waals surface area contributed by atoms with Crippen LogP contribution in [0.25, 0.3) is 0 Å². The normalized spacial score (nSPS) is 43.4. The molecule has 0 aromatic rings. The van der Waals surface area contributed by atoms with E-state index >= 15 is 0 Å². The van der Waals surface area contributed by atoms with Gasteiger partial charge in [0, 0.05) is 0 Å². The van der Waals surface area contributed by atoms with Gasteiger partial charge in [-0.1, -0.05) is 0 Å². The quantitative estimate of drug-likeness (QED) is 0.470. The summed E-state index contributed by atoms with van der Waals surface area (Å²) in [6, 6.07) is 0. The van der Waals surface area contributed by atoms with E-state index in [0.29, 0.717) is 0 Å². The highest BCUT2D eigenvalue weighted by atomic mass is 28.5. The first kappa shape index (κ1) is 10.5. The molecule has 2 aliphatic heterocycles. The molecule has 2 rings (SSSR count).